The Hall–Kier alpha value is -3.88. The van der Waals surface area contributed by atoms with Gasteiger partial charge in [0, 0.05) is 35.7 Å². The summed E-state index contributed by atoms with van der Waals surface area (Å²) in [6, 6.07) is 10.3. The largest absolute Gasteiger partial charge is 0.481 e. The maximum Gasteiger partial charge on any atom is 0.247 e. The summed E-state index contributed by atoms with van der Waals surface area (Å²) < 4.78 is 5.08. The second-order valence-corrected chi connectivity index (χ2v) is 12.3. The molecule has 4 aromatic heterocycles. The number of pyridine rings is 4. The fourth-order valence-corrected chi connectivity index (χ4v) is 6.55. The number of hydrogen-bond donors (Lipinski definition) is 1. The Morgan fingerprint density at radius 3 is 1.74 bits per heavy atom. The Bertz CT molecular complexity index is 1780. The van der Waals surface area contributed by atoms with Gasteiger partial charge in [0.2, 0.25) is 11.4 Å². The molecule has 0 amide bonds. The number of Topliss-reactive ketones (excluding diaryl/α,β-unsaturated/α-hetero) is 2. The molecule has 0 saturated heterocycles. The lowest BCUT2D eigenvalue weighted by Crippen LogP contribution is -2.38. The van der Waals surface area contributed by atoms with Crippen LogP contribution in [-0.2, 0) is 23.7 Å². The van der Waals surface area contributed by atoms with E-state index >= 15 is 0 Å². The van der Waals surface area contributed by atoms with Crippen molar-refractivity contribution < 1.29 is 14.3 Å². The summed E-state index contributed by atoms with van der Waals surface area (Å²) in [4.78, 5) is 52.8. The molecule has 0 bridgehead atoms. The van der Waals surface area contributed by atoms with Crippen molar-refractivity contribution in [3.05, 3.63) is 114 Å². The van der Waals surface area contributed by atoms with Crippen molar-refractivity contribution in [2.24, 2.45) is 0 Å². The second-order valence-electron chi connectivity index (χ2n) is 11.5. The third-order valence-electron chi connectivity index (χ3n) is 8.70. The molecule has 2 atom stereocenters. The van der Waals surface area contributed by atoms with Gasteiger partial charge in [0.05, 0.1) is 29.3 Å². The third-order valence-corrected chi connectivity index (χ3v) is 9.09. The highest BCUT2D eigenvalue weighted by atomic mass is 35.5. The van der Waals surface area contributed by atoms with Gasteiger partial charge in [-0.15, -0.1) is 0 Å². The molecule has 2 aliphatic carbocycles. The molecule has 222 valence electrons. The lowest BCUT2D eigenvalue weighted by atomic mass is 9.68. The standard InChI is InChI=1S/C17H17ClN2O2.C16H15ClN2O2/c1-10-8-13(18)20-12-6-7-17(2,16(21)15(10)12)11-4-5-14(22-3)19-9-11;1-9-7-12(17)19-11-5-6-16(2,15(21)14(9)11)10-3-4-13(20)18-8-10/h4-5,8-9H,6-7H2,1-3H3;3-4,7-8H,5-6H2,1-2H3,(H,18,20). The van der Waals surface area contributed by atoms with Gasteiger partial charge in [-0.2, -0.15) is 0 Å². The number of nitrogens with one attached hydrogen (secondary N) is 1. The number of ether oxygens (including phenoxy) is 1. The predicted molar refractivity (Wildman–Crippen MR) is 166 cm³/mol. The maximum atomic E-state index is 13.1. The number of carbonyl (C=O) groups is 2. The Labute approximate surface area is 259 Å². The highest BCUT2D eigenvalue weighted by Gasteiger charge is 2.42. The van der Waals surface area contributed by atoms with Crippen molar-refractivity contribution in [1.82, 2.24) is 19.9 Å². The van der Waals surface area contributed by atoms with Gasteiger partial charge in [0.25, 0.3) is 0 Å². The van der Waals surface area contributed by atoms with Crippen LogP contribution in [0.2, 0.25) is 10.3 Å². The summed E-state index contributed by atoms with van der Waals surface area (Å²) in [6.45, 7) is 7.67. The van der Waals surface area contributed by atoms with Crippen LogP contribution in [0.5, 0.6) is 5.88 Å². The third kappa shape index (κ3) is 5.61. The Kier molecular flexibility index (Phi) is 8.29. The van der Waals surface area contributed by atoms with Crippen molar-refractivity contribution in [3.8, 4) is 5.88 Å². The number of aromatic amines is 1. The minimum Gasteiger partial charge on any atom is -0.481 e. The zero-order chi connectivity index (χ0) is 31.1. The van der Waals surface area contributed by atoms with Crippen LogP contribution < -0.4 is 10.3 Å². The minimum atomic E-state index is -0.641. The van der Waals surface area contributed by atoms with E-state index in [4.69, 9.17) is 27.9 Å². The van der Waals surface area contributed by atoms with Crippen molar-refractivity contribution in [3.63, 3.8) is 0 Å². The molecule has 6 rings (SSSR count). The summed E-state index contributed by atoms with van der Waals surface area (Å²) in [5.41, 5.74) is 5.00. The predicted octanol–water partition coefficient (Wildman–Crippen LogP) is 6.35. The maximum absolute atomic E-state index is 13.1. The monoisotopic (exact) mass is 618 g/mol. The number of hydrogen-bond acceptors (Lipinski definition) is 7. The fourth-order valence-electron chi connectivity index (χ4n) is 6.02. The Morgan fingerprint density at radius 2 is 1.30 bits per heavy atom. The van der Waals surface area contributed by atoms with Crippen LogP contribution >= 0.6 is 23.2 Å². The molecule has 8 nitrogen and oxygen atoms in total. The number of rotatable bonds is 3. The number of ketones is 2. The second kappa shape index (κ2) is 11.7. The summed E-state index contributed by atoms with van der Waals surface area (Å²) in [5, 5.41) is 0.866. The molecule has 10 heteroatoms. The number of halogens is 2. The van der Waals surface area contributed by atoms with Crippen LogP contribution in [0.1, 0.15) is 81.0 Å². The Balaban J connectivity index is 0.000000171. The molecule has 43 heavy (non-hydrogen) atoms. The molecule has 2 unspecified atom stereocenters. The minimum absolute atomic E-state index is 0.0393. The van der Waals surface area contributed by atoms with Crippen molar-refractivity contribution in [2.75, 3.05) is 7.11 Å². The Morgan fingerprint density at radius 1 is 0.791 bits per heavy atom. The normalized spacial score (nSPS) is 20.9. The number of H-pyrrole nitrogens is 1. The van der Waals surface area contributed by atoms with Gasteiger partial charge >= 0.3 is 0 Å². The molecule has 0 aliphatic heterocycles. The topological polar surface area (TPSA) is 115 Å². The molecular weight excluding hydrogens is 587 g/mol. The van der Waals surface area contributed by atoms with E-state index in [0.717, 1.165) is 40.1 Å². The van der Waals surface area contributed by atoms with Gasteiger partial charge in [-0.1, -0.05) is 35.3 Å². The number of aromatic nitrogens is 4. The average Bonchev–Trinajstić information content (AvgIpc) is 2.97. The van der Waals surface area contributed by atoms with Gasteiger partial charge in [0.1, 0.15) is 10.3 Å². The molecule has 0 spiro atoms. The summed E-state index contributed by atoms with van der Waals surface area (Å²) in [7, 11) is 1.57. The average molecular weight is 620 g/mol. The zero-order valence-electron chi connectivity index (χ0n) is 24.7. The molecule has 0 aromatic carbocycles. The molecule has 4 heterocycles. The number of methoxy groups -OCH3 is 1. The van der Waals surface area contributed by atoms with Crippen molar-refractivity contribution >= 4 is 34.8 Å². The van der Waals surface area contributed by atoms with Crippen LogP contribution in [0.3, 0.4) is 0 Å². The number of fused-ring (bicyclic) bond motifs is 2. The number of aryl methyl sites for hydroxylation is 4. The first kappa shape index (κ1) is 30.6. The quantitative estimate of drug-likeness (QED) is 0.266. The van der Waals surface area contributed by atoms with Crippen molar-refractivity contribution in [2.45, 2.75) is 64.2 Å². The van der Waals surface area contributed by atoms with Gasteiger partial charge in [-0.05, 0) is 87.8 Å². The van der Waals surface area contributed by atoms with Gasteiger partial charge in [-0.25, -0.2) is 15.0 Å². The van der Waals surface area contributed by atoms with Gasteiger partial charge in [0.15, 0.2) is 11.6 Å². The molecule has 0 fully saturated rings. The van der Waals surface area contributed by atoms with E-state index in [1.54, 1.807) is 43.8 Å². The first-order valence-corrected chi connectivity index (χ1v) is 14.7. The smallest absolute Gasteiger partial charge is 0.247 e. The van der Waals surface area contributed by atoms with E-state index in [0.29, 0.717) is 46.6 Å². The highest BCUT2D eigenvalue weighted by Crippen LogP contribution is 2.40. The molecule has 4 aromatic rings. The fraction of sp³-hybridized carbons (Fsp3) is 0.333. The van der Waals surface area contributed by atoms with Crippen LogP contribution in [0.25, 0.3) is 0 Å². The van der Waals surface area contributed by atoms with Crippen LogP contribution in [0.4, 0.5) is 0 Å². The first-order valence-electron chi connectivity index (χ1n) is 14.0. The lowest BCUT2D eigenvalue weighted by molar-refractivity contribution is 0.0866. The molecule has 0 saturated carbocycles. The first-order chi connectivity index (χ1) is 20.4. The highest BCUT2D eigenvalue weighted by molar-refractivity contribution is 6.30. The summed E-state index contributed by atoms with van der Waals surface area (Å²) in [6.07, 6.45) is 6.12. The van der Waals surface area contributed by atoms with E-state index in [9.17, 15) is 14.4 Å². The van der Waals surface area contributed by atoms with E-state index in [1.165, 1.54) is 6.07 Å². The summed E-state index contributed by atoms with van der Waals surface area (Å²) in [5.74, 6) is 0.667. The van der Waals surface area contributed by atoms with Gasteiger partial charge < -0.3 is 9.72 Å². The molecule has 2 aliphatic rings. The molecular formula is C33H32Cl2N4O4. The van der Waals surface area contributed by atoms with E-state index in [-0.39, 0.29) is 17.1 Å². The number of nitrogens with zero attached hydrogens (tertiary/aromatic N) is 3. The van der Waals surface area contributed by atoms with Crippen LogP contribution in [0, 0.1) is 13.8 Å². The van der Waals surface area contributed by atoms with E-state index in [2.05, 4.69) is 19.9 Å². The number of carbonyl (C=O) groups excluding carboxylic acids is 2. The SMILES string of the molecule is COc1ccc(C2(C)CCc3nc(Cl)cc(C)c3C2=O)cn1.Cc1cc(Cl)nc2c1C(=O)C(C)(c1ccc(=O)[nH]c1)CC2. The molecule has 1 N–H and O–H groups in total. The van der Waals surface area contributed by atoms with E-state index in [1.807, 2.05) is 33.8 Å². The molecule has 0 radical (unpaired) electrons. The van der Waals surface area contributed by atoms with Crippen molar-refractivity contribution in [1.29, 1.82) is 0 Å². The lowest BCUT2D eigenvalue weighted by Gasteiger charge is -2.33. The van der Waals surface area contributed by atoms with Gasteiger partial charge in [-0.3, -0.25) is 14.4 Å². The zero-order valence-corrected chi connectivity index (χ0v) is 26.2. The van der Waals surface area contributed by atoms with Crippen LogP contribution in [-0.4, -0.2) is 38.6 Å². The van der Waals surface area contributed by atoms with Crippen LogP contribution in [0.15, 0.2) is 53.6 Å². The summed E-state index contributed by atoms with van der Waals surface area (Å²) >= 11 is 12.0. The van der Waals surface area contributed by atoms with E-state index < -0.39 is 10.8 Å².